The predicted molar refractivity (Wildman–Crippen MR) is 112 cm³/mol. The third-order valence-corrected chi connectivity index (χ3v) is 5.72. The largest absolute Gasteiger partial charge is 0.497 e. The molecule has 0 radical (unpaired) electrons. The van der Waals surface area contributed by atoms with Gasteiger partial charge in [0.2, 0.25) is 11.8 Å². The van der Waals surface area contributed by atoms with Crippen LogP contribution in [0.4, 0.5) is 11.4 Å². The van der Waals surface area contributed by atoms with E-state index in [1.165, 1.54) is 16.7 Å². The number of hydrogen-bond acceptors (Lipinski definition) is 5. The first-order chi connectivity index (χ1) is 13.0. The number of benzene rings is 2. The van der Waals surface area contributed by atoms with Crippen molar-refractivity contribution in [3.8, 4) is 5.75 Å². The molecule has 0 bridgehead atoms. The first-order valence-corrected chi connectivity index (χ1v) is 9.86. The van der Waals surface area contributed by atoms with E-state index in [-0.39, 0.29) is 18.2 Å². The van der Waals surface area contributed by atoms with E-state index < -0.39 is 5.25 Å². The number of nitrogens with one attached hydrogen (secondary N) is 1. The van der Waals surface area contributed by atoms with Crippen LogP contribution >= 0.6 is 27.7 Å². The summed E-state index contributed by atoms with van der Waals surface area (Å²) in [6.45, 7) is 0. The Morgan fingerprint density at radius 3 is 2.74 bits per heavy atom. The van der Waals surface area contributed by atoms with Crippen LogP contribution in [0.3, 0.4) is 0 Å². The highest BCUT2D eigenvalue weighted by Crippen LogP contribution is 2.30. The molecule has 1 fully saturated rings. The molecule has 0 saturated carbocycles. The van der Waals surface area contributed by atoms with E-state index in [0.717, 1.165) is 4.47 Å². The molecule has 27 heavy (non-hydrogen) atoms. The Morgan fingerprint density at radius 1 is 1.30 bits per heavy atom. The van der Waals surface area contributed by atoms with Crippen LogP contribution in [0.1, 0.15) is 6.42 Å². The number of methoxy groups -OCH3 is 1. The number of thioether (sulfide) groups is 1. The summed E-state index contributed by atoms with van der Waals surface area (Å²) in [5.74, 6) is 0.310. The van der Waals surface area contributed by atoms with Gasteiger partial charge in [-0.1, -0.05) is 33.8 Å². The molecule has 0 aliphatic carbocycles. The summed E-state index contributed by atoms with van der Waals surface area (Å²) < 4.78 is 6.13. The van der Waals surface area contributed by atoms with E-state index in [1.807, 2.05) is 30.3 Å². The van der Waals surface area contributed by atoms with Crippen molar-refractivity contribution < 1.29 is 14.3 Å². The maximum Gasteiger partial charge on any atom is 0.238 e. The van der Waals surface area contributed by atoms with Gasteiger partial charge in [0.25, 0.3) is 0 Å². The minimum atomic E-state index is -0.540. The van der Waals surface area contributed by atoms with Crippen molar-refractivity contribution in [2.24, 2.45) is 4.99 Å². The van der Waals surface area contributed by atoms with E-state index in [1.54, 1.807) is 32.4 Å². The maximum absolute atomic E-state index is 12.6. The van der Waals surface area contributed by atoms with Crippen molar-refractivity contribution in [1.82, 2.24) is 4.90 Å². The van der Waals surface area contributed by atoms with Gasteiger partial charge in [-0.2, -0.15) is 0 Å². The van der Waals surface area contributed by atoms with Gasteiger partial charge < -0.3 is 10.1 Å². The normalized spacial score (nSPS) is 18.5. The van der Waals surface area contributed by atoms with Crippen LogP contribution in [0.2, 0.25) is 0 Å². The standard InChI is InChI=1S/C19H18BrN3O3S/c1-23-17(24)11-16(18(25)21-13-8-6-12(20)7-9-13)27-19(23)22-14-4-3-5-15(10-14)26-2/h3-10,16H,11H2,1-2H3,(H,21,25)/t16-/m1/s1. The Kier molecular flexibility index (Phi) is 6.18. The fourth-order valence-electron chi connectivity index (χ4n) is 2.44. The maximum atomic E-state index is 12.6. The van der Waals surface area contributed by atoms with Crippen LogP contribution in [0, 0.1) is 0 Å². The fraction of sp³-hybridized carbons (Fsp3) is 0.211. The van der Waals surface area contributed by atoms with Crippen LogP contribution in [0.25, 0.3) is 0 Å². The molecule has 0 spiro atoms. The first kappa shape index (κ1) is 19.4. The molecular weight excluding hydrogens is 430 g/mol. The summed E-state index contributed by atoms with van der Waals surface area (Å²) in [5, 5.41) is 2.79. The van der Waals surface area contributed by atoms with Gasteiger partial charge in [-0.3, -0.25) is 14.5 Å². The van der Waals surface area contributed by atoms with Crippen LogP contribution in [0.15, 0.2) is 58.0 Å². The molecule has 1 aliphatic heterocycles. The van der Waals surface area contributed by atoms with Gasteiger partial charge in [-0.25, -0.2) is 4.99 Å². The fourth-order valence-corrected chi connectivity index (χ4v) is 3.77. The van der Waals surface area contributed by atoms with Crippen molar-refractivity contribution in [2.45, 2.75) is 11.7 Å². The van der Waals surface area contributed by atoms with Gasteiger partial charge >= 0.3 is 0 Å². The third kappa shape index (κ3) is 4.90. The molecule has 0 aromatic heterocycles. The number of ether oxygens (including phenoxy) is 1. The minimum Gasteiger partial charge on any atom is -0.497 e. The molecule has 3 rings (SSSR count). The Morgan fingerprint density at radius 2 is 2.04 bits per heavy atom. The quantitative estimate of drug-likeness (QED) is 0.767. The molecule has 2 aromatic rings. The average Bonchev–Trinajstić information content (AvgIpc) is 2.67. The lowest BCUT2D eigenvalue weighted by Crippen LogP contribution is -2.43. The Labute approximate surface area is 170 Å². The summed E-state index contributed by atoms with van der Waals surface area (Å²) in [7, 11) is 3.25. The Bertz CT molecular complexity index is 886. The highest BCUT2D eigenvalue weighted by molar-refractivity contribution is 9.10. The molecular formula is C19H18BrN3O3S. The van der Waals surface area contributed by atoms with E-state index >= 15 is 0 Å². The van der Waals surface area contributed by atoms with Crippen molar-refractivity contribution in [3.63, 3.8) is 0 Å². The Balaban J connectivity index is 1.77. The van der Waals surface area contributed by atoms with Gasteiger partial charge in [0.1, 0.15) is 11.0 Å². The molecule has 1 aliphatic rings. The van der Waals surface area contributed by atoms with Crippen LogP contribution in [0.5, 0.6) is 5.75 Å². The zero-order chi connectivity index (χ0) is 19.4. The number of rotatable bonds is 4. The second kappa shape index (κ2) is 8.58. The number of amidine groups is 1. The predicted octanol–water partition coefficient (Wildman–Crippen LogP) is 4.05. The first-order valence-electron chi connectivity index (χ1n) is 8.18. The van der Waals surface area contributed by atoms with E-state index in [0.29, 0.717) is 22.3 Å². The lowest BCUT2D eigenvalue weighted by Gasteiger charge is -2.28. The number of halogens is 1. The monoisotopic (exact) mass is 447 g/mol. The molecule has 1 N–H and O–H groups in total. The molecule has 1 heterocycles. The number of amides is 2. The molecule has 140 valence electrons. The lowest BCUT2D eigenvalue weighted by molar-refractivity contribution is -0.128. The number of aliphatic imine (C=N–C) groups is 1. The van der Waals surface area contributed by atoms with Crippen LogP contribution < -0.4 is 10.1 Å². The second-order valence-corrected chi connectivity index (χ2v) is 7.94. The average molecular weight is 448 g/mol. The van der Waals surface area contributed by atoms with E-state index in [2.05, 4.69) is 26.2 Å². The summed E-state index contributed by atoms with van der Waals surface area (Å²) >= 11 is 4.64. The van der Waals surface area contributed by atoms with Crippen LogP contribution in [-0.2, 0) is 9.59 Å². The lowest BCUT2D eigenvalue weighted by atomic mass is 10.2. The number of anilines is 1. The summed E-state index contributed by atoms with van der Waals surface area (Å²) in [6, 6.07) is 14.5. The third-order valence-electron chi connectivity index (χ3n) is 3.95. The molecule has 2 aromatic carbocycles. The van der Waals surface area contributed by atoms with E-state index in [4.69, 9.17) is 4.74 Å². The summed E-state index contributed by atoms with van der Waals surface area (Å²) in [4.78, 5) is 31.0. The van der Waals surface area contributed by atoms with Gasteiger partial charge in [0.05, 0.1) is 12.8 Å². The zero-order valence-corrected chi connectivity index (χ0v) is 17.2. The molecule has 6 nitrogen and oxygen atoms in total. The molecule has 1 saturated heterocycles. The number of carbonyl (C=O) groups is 2. The minimum absolute atomic E-state index is 0.126. The number of nitrogens with zero attached hydrogens (tertiary/aromatic N) is 2. The highest BCUT2D eigenvalue weighted by atomic mass is 79.9. The van der Waals surface area contributed by atoms with Gasteiger partial charge in [-0.15, -0.1) is 0 Å². The van der Waals surface area contributed by atoms with Crippen LogP contribution in [-0.4, -0.2) is 41.3 Å². The SMILES string of the molecule is COc1cccc(N=C2S[C@@H](C(=O)Nc3ccc(Br)cc3)CC(=O)N2C)c1. The van der Waals surface area contributed by atoms with Gasteiger partial charge in [0.15, 0.2) is 5.17 Å². The summed E-state index contributed by atoms with van der Waals surface area (Å²) in [5.41, 5.74) is 1.34. The number of hydrogen-bond donors (Lipinski definition) is 1. The van der Waals surface area contributed by atoms with E-state index in [9.17, 15) is 9.59 Å². The van der Waals surface area contributed by atoms with Crippen molar-refractivity contribution in [1.29, 1.82) is 0 Å². The van der Waals surface area contributed by atoms with Gasteiger partial charge in [-0.05, 0) is 36.4 Å². The topological polar surface area (TPSA) is 71.0 Å². The van der Waals surface area contributed by atoms with Gasteiger partial charge in [0, 0.05) is 29.7 Å². The number of carbonyl (C=O) groups excluding carboxylic acids is 2. The Hall–Kier alpha value is -2.32. The second-order valence-electron chi connectivity index (χ2n) is 5.86. The van der Waals surface area contributed by atoms with Crippen molar-refractivity contribution in [3.05, 3.63) is 53.0 Å². The molecule has 1 atom stereocenters. The van der Waals surface area contributed by atoms with Crippen molar-refractivity contribution >= 4 is 56.0 Å². The van der Waals surface area contributed by atoms with Crippen molar-refractivity contribution in [2.75, 3.05) is 19.5 Å². The molecule has 2 amide bonds. The smallest absolute Gasteiger partial charge is 0.238 e. The molecule has 0 unspecified atom stereocenters. The molecule has 8 heteroatoms. The zero-order valence-electron chi connectivity index (χ0n) is 14.8. The highest BCUT2D eigenvalue weighted by Gasteiger charge is 2.34. The summed E-state index contributed by atoms with van der Waals surface area (Å²) in [6.07, 6.45) is 0.126.